The van der Waals surface area contributed by atoms with Crippen LogP contribution in [0.5, 0.6) is 0 Å². The maximum absolute atomic E-state index is 11.1. The van der Waals surface area contributed by atoms with E-state index in [0.29, 0.717) is 21.7 Å². The van der Waals surface area contributed by atoms with Gasteiger partial charge in [0, 0.05) is 16.1 Å². The van der Waals surface area contributed by atoms with Crippen molar-refractivity contribution in [3.8, 4) is 11.1 Å². The van der Waals surface area contributed by atoms with Crippen LogP contribution in [0.1, 0.15) is 20.7 Å². The summed E-state index contributed by atoms with van der Waals surface area (Å²) in [5.74, 6) is -1.59. The van der Waals surface area contributed by atoms with Crippen molar-refractivity contribution in [3.05, 3.63) is 58.6 Å². The predicted molar refractivity (Wildman–Crippen MR) is 72.4 cm³/mol. The largest absolute Gasteiger partial charge is 0.478 e. The van der Waals surface area contributed by atoms with E-state index in [1.807, 2.05) is 0 Å². The third-order valence-corrected chi connectivity index (χ3v) is 3.00. The second kappa shape index (κ2) is 5.12. The lowest BCUT2D eigenvalue weighted by atomic mass is 10.0. The number of carbonyl (C=O) groups excluding carboxylic acids is 1. The minimum absolute atomic E-state index is 0.129. The molecule has 3 N–H and O–H groups in total. The van der Waals surface area contributed by atoms with Gasteiger partial charge in [-0.1, -0.05) is 23.7 Å². The number of carbonyl (C=O) groups is 2. The van der Waals surface area contributed by atoms with Crippen LogP contribution in [0.2, 0.25) is 5.02 Å². The summed E-state index contributed by atoms with van der Waals surface area (Å²) in [6, 6.07) is 11.0. The number of carboxylic acids is 1. The minimum atomic E-state index is -1.04. The summed E-state index contributed by atoms with van der Waals surface area (Å²) in [7, 11) is 0. The van der Waals surface area contributed by atoms with Gasteiger partial charge >= 0.3 is 5.97 Å². The quantitative estimate of drug-likeness (QED) is 0.904. The number of nitrogens with two attached hydrogens (primary N) is 1. The molecule has 0 atom stereocenters. The molecule has 5 heteroatoms. The molecule has 0 aliphatic heterocycles. The second-order valence-electron chi connectivity index (χ2n) is 3.94. The fraction of sp³-hybridized carbons (Fsp3) is 0. The Morgan fingerprint density at radius 3 is 2.42 bits per heavy atom. The van der Waals surface area contributed by atoms with Crippen molar-refractivity contribution in [2.45, 2.75) is 0 Å². The molecule has 0 heterocycles. The van der Waals surface area contributed by atoms with Crippen molar-refractivity contribution in [3.63, 3.8) is 0 Å². The number of primary amides is 1. The first kappa shape index (κ1) is 13.1. The fourth-order valence-corrected chi connectivity index (χ4v) is 1.95. The van der Waals surface area contributed by atoms with Crippen molar-refractivity contribution in [1.29, 1.82) is 0 Å². The number of rotatable bonds is 3. The van der Waals surface area contributed by atoms with E-state index < -0.39 is 11.9 Å². The van der Waals surface area contributed by atoms with Crippen molar-refractivity contribution >= 4 is 23.5 Å². The Kier molecular flexibility index (Phi) is 3.53. The number of hydrogen-bond donors (Lipinski definition) is 2. The van der Waals surface area contributed by atoms with Crippen LogP contribution in [-0.2, 0) is 0 Å². The Morgan fingerprint density at radius 1 is 1.05 bits per heavy atom. The molecule has 0 aliphatic carbocycles. The van der Waals surface area contributed by atoms with Crippen LogP contribution in [0.3, 0.4) is 0 Å². The van der Waals surface area contributed by atoms with Gasteiger partial charge in [-0.15, -0.1) is 0 Å². The molecule has 0 spiro atoms. The molecule has 19 heavy (non-hydrogen) atoms. The van der Waals surface area contributed by atoms with E-state index in [1.54, 1.807) is 24.3 Å². The molecular weight excluding hydrogens is 266 g/mol. The first-order valence-electron chi connectivity index (χ1n) is 5.42. The monoisotopic (exact) mass is 275 g/mol. The first-order valence-corrected chi connectivity index (χ1v) is 5.80. The number of amides is 1. The lowest BCUT2D eigenvalue weighted by Gasteiger charge is -2.07. The van der Waals surface area contributed by atoms with Crippen LogP contribution in [-0.4, -0.2) is 17.0 Å². The van der Waals surface area contributed by atoms with E-state index in [4.69, 9.17) is 22.4 Å². The van der Waals surface area contributed by atoms with Crippen molar-refractivity contribution < 1.29 is 14.7 Å². The Labute approximate surface area is 114 Å². The average molecular weight is 276 g/mol. The molecule has 0 fully saturated rings. The van der Waals surface area contributed by atoms with Gasteiger partial charge in [-0.2, -0.15) is 0 Å². The third-order valence-electron chi connectivity index (χ3n) is 2.67. The van der Waals surface area contributed by atoms with Gasteiger partial charge in [0.2, 0.25) is 5.91 Å². The zero-order valence-electron chi connectivity index (χ0n) is 9.76. The van der Waals surface area contributed by atoms with Crippen molar-refractivity contribution in [2.75, 3.05) is 0 Å². The van der Waals surface area contributed by atoms with Crippen molar-refractivity contribution in [2.24, 2.45) is 5.73 Å². The highest BCUT2D eigenvalue weighted by atomic mass is 35.5. The highest BCUT2D eigenvalue weighted by Crippen LogP contribution is 2.29. The van der Waals surface area contributed by atoms with Crippen LogP contribution in [0.25, 0.3) is 11.1 Å². The van der Waals surface area contributed by atoms with Crippen LogP contribution >= 0.6 is 11.6 Å². The highest BCUT2D eigenvalue weighted by Gasteiger charge is 2.10. The molecular formula is C14H10ClNO3. The molecule has 0 bridgehead atoms. The summed E-state index contributed by atoms with van der Waals surface area (Å²) in [6.45, 7) is 0. The van der Waals surface area contributed by atoms with Crippen molar-refractivity contribution in [1.82, 2.24) is 0 Å². The zero-order chi connectivity index (χ0) is 14.0. The normalized spacial score (nSPS) is 10.2. The smallest absolute Gasteiger partial charge is 0.335 e. The van der Waals surface area contributed by atoms with E-state index in [-0.39, 0.29) is 5.56 Å². The second-order valence-corrected chi connectivity index (χ2v) is 4.35. The number of carboxylic acid groups (broad SMARTS) is 1. The molecule has 96 valence electrons. The minimum Gasteiger partial charge on any atom is -0.478 e. The first-order chi connectivity index (χ1) is 8.99. The summed E-state index contributed by atoms with van der Waals surface area (Å²) in [6.07, 6.45) is 0. The lowest BCUT2D eigenvalue weighted by molar-refractivity contribution is 0.0696. The SMILES string of the molecule is NC(=O)c1cccc(-c2cc(C(=O)O)ccc2Cl)c1. The third kappa shape index (κ3) is 2.74. The lowest BCUT2D eigenvalue weighted by Crippen LogP contribution is -2.10. The van der Waals surface area contributed by atoms with Gasteiger partial charge < -0.3 is 10.8 Å². The summed E-state index contributed by atoms with van der Waals surface area (Å²) in [5, 5.41) is 9.38. The molecule has 2 rings (SSSR count). The van der Waals surface area contributed by atoms with E-state index >= 15 is 0 Å². The standard InChI is InChI=1S/C14H10ClNO3/c15-12-5-4-10(14(18)19)7-11(12)8-2-1-3-9(6-8)13(16)17/h1-7H,(H2,16,17)(H,18,19). The fourth-order valence-electron chi connectivity index (χ4n) is 1.72. The van der Waals surface area contributed by atoms with Crippen LogP contribution in [0.15, 0.2) is 42.5 Å². The van der Waals surface area contributed by atoms with Gasteiger partial charge in [0.1, 0.15) is 0 Å². The Hall–Kier alpha value is -2.33. The van der Waals surface area contributed by atoms with E-state index in [0.717, 1.165) is 0 Å². The highest BCUT2D eigenvalue weighted by molar-refractivity contribution is 6.33. The summed E-state index contributed by atoms with van der Waals surface area (Å²) >= 11 is 6.06. The Bertz CT molecular complexity index is 667. The average Bonchev–Trinajstić information content (AvgIpc) is 2.39. The van der Waals surface area contributed by atoms with Gasteiger partial charge in [0.05, 0.1) is 5.56 Å². The number of aromatic carboxylic acids is 1. The molecule has 1 amide bonds. The Balaban J connectivity index is 2.57. The summed E-state index contributed by atoms with van der Waals surface area (Å²) in [5.41, 5.74) is 6.87. The maximum Gasteiger partial charge on any atom is 0.335 e. The Morgan fingerprint density at radius 2 is 1.79 bits per heavy atom. The van der Waals surface area contributed by atoms with Gasteiger partial charge in [0.25, 0.3) is 0 Å². The predicted octanol–water partition coefficient (Wildman–Crippen LogP) is 2.80. The molecule has 4 nitrogen and oxygen atoms in total. The van der Waals surface area contributed by atoms with Gasteiger partial charge in [0.15, 0.2) is 0 Å². The van der Waals surface area contributed by atoms with Crippen LogP contribution < -0.4 is 5.73 Å². The molecule has 0 saturated heterocycles. The topological polar surface area (TPSA) is 80.4 Å². The van der Waals surface area contributed by atoms with Crippen LogP contribution in [0.4, 0.5) is 0 Å². The summed E-state index contributed by atoms with van der Waals surface area (Å²) in [4.78, 5) is 22.1. The molecule has 0 radical (unpaired) electrons. The number of hydrogen-bond acceptors (Lipinski definition) is 2. The molecule has 0 unspecified atom stereocenters. The van der Waals surface area contributed by atoms with Gasteiger partial charge in [-0.05, 0) is 35.9 Å². The molecule has 0 aromatic heterocycles. The summed E-state index contributed by atoms with van der Waals surface area (Å²) < 4.78 is 0. The number of benzene rings is 2. The van der Waals surface area contributed by atoms with E-state index in [2.05, 4.69) is 0 Å². The maximum atomic E-state index is 11.1. The van der Waals surface area contributed by atoms with Crippen LogP contribution in [0, 0.1) is 0 Å². The molecule has 2 aromatic rings. The van der Waals surface area contributed by atoms with Gasteiger partial charge in [-0.3, -0.25) is 4.79 Å². The van der Waals surface area contributed by atoms with E-state index in [1.165, 1.54) is 18.2 Å². The van der Waals surface area contributed by atoms with Gasteiger partial charge in [-0.25, -0.2) is 4.79 Å². The molecule has 0 aliphatic rings. The molecule has 0 saturated carbocycles. The zero-order valence-corrected chi connectivity index (χ0v) is 10.5. The van der Waals surface area contributed by atoms with E-state index in [9.17, 15) is 9.59 Å². The number of halogens is 1. The molecule has 2 aromatic carbocycles.